The Morgan fingerprint density at radius 2 is 2.40 bits per heavy atom. The molecular formula is C11H22N2O2. The summed E-state index contributed by atoms with van der Waals surface area (Å²) in [6.07, 6.45) is 2.45. The number of ether oxygens (including phenoxy) is 1. The van der Waals surface area contributed by atoms with E-state index < -0.39 is 0 Å². The van der Waals surface area contributed by atoms with Gasteiger partial charge in [-0.15, -0.1) is 0 Å². The number of rotatable bonds is 6. The molecule has 4 nitrogen and oxygen atoms in total. The normalized spacial score (nSPS) is 21.9. The van der Waals surface area contributed by atoms with Crippen LogP contribution in [0.15, 0.2) is 0 Å². The second-order valence-electron chi connectivity index (χ2n) is 4.19. The Morgan fingerprint density at radius 1 is 1.60 bits per heavy atom. The van der Waals surface area contributed by atoms with E-state index in [1.165, 1.54) is 19.5 Å². The Bertz CT molecular complexity index is 197. The number of likely N-dealkylation sites (tertiary alicyclic amines) is 1. The number of hydrogen-bond donors (Lipinski definition) is 1. The van der Waals surface area contributed by atoms with Crippen LogP contribution in [0.25, 0.3) is 0 Å². The number of nitrogens with zero attached hydrogens (tertiary/aromatic N) is 1. The van der Waals surface area contributed by atoms with Crippen LogP contribution in [-0.4, -0.2) is 50.7 Å². The molecule has 88 valence electrons. The fourth-order valence-electron chi connectivity index (χ4n) is 1.97. The second-order valence-corrected chi connectivity index (χ2v) is 4.19. The van der Waals surface area contributed by atoms with Crippen LogP contribution in [0, 0.1) is 5.92 Å². The number of nitrogens with one attached hydrogen (secondary N) is 1. The lowest BCUT2D eigenvalue weighted by molar-refractivity contribution is -0.142. The van der Waals surface area contributed by atoms with Crippen LogP contribution in [0.4, 0.5) is 0 Å². The molecular weight excluding hydrogens is 192 g/mol. The molecule has 15 heavy (non-hydrogen) atoms. The summed E-state index contributed by atoms with van der Waals surface area (Å²) in [6.45, 7) is 5.96. The molecule has 1 heterocycles. The molecule has 1 aliphatic heterocycles. The van der Waals surface area contributed by atoms with E-state index in [9.17, 15) is 4.79 Å². The van der Waals surface area contributed by atoms with Crippen molar-refractivity contribution in [1.29, 1.82) is 0 Å². The monoisotopic (exact) mass is 214 g/mol. The Kier molecular flexibility index (Phi) is 5.65. The third-order valence-electron chi connectivity index (χ3n) is 2.79. The quantitative estimate of drug-likeness (QED) is 0.516. The predicted molar refractivity (Wildman–Crippen MR) is 59.7 cm³/mol. The van der Waals surface area contributed by atoms with Crippen molar-refractivity contribution < 1.29 is 9.53 Å². The largest absolute Gasteiger partial charge is 0.465 e. The highest BCUT2D eigenvalue weighted by Gasteiger charge is 2.18. The van der Waals surface area contributed by atoms with Gasteiger partial charge in [0.1, 0.15) is 0 Å². The van der Waals surface area contributed by atoms with Crippen LogP contribution in [0.5, 0.6) is 0 Å². The molecule has 0 aromatic heterocycles. The van der Waals surface area contributed by atoms with Crippen molar-refractivity contribution in [3.05, 3.63) is 0 Å². The van der Waals surface area contributed by atoms with Crippen molar-refractivity contribution in [2.24, 2.45) is 5.92 Å². The molecule has 0 aliphatic carbocycles. The SMILES string of the molecule is CCOC(=O)CNCCC1CCN(C)C1. The summed E-state index contributed by atoms with van der Waals surface area (Å²) in [5, 5.41) is 3.12. The summed E-state index contributed by atoms with van der Waals surface area (Å²) in [5.74, 6) is 0.644. The van der Waals surface area contributed by atoms with Crippen molar-refractivity contribution in [2.75, 3.05) is 39.8 Å². The van der Waals surface area contributed by atoms with Crippen molar-refractivity contribution in [3.63, 3.8) is 0 Å². The topological polar surface area (TPSA) is 41.6 Å². The van der Waals surface area contributed by atoms with E-state index in [0.29, 0.717) is 13.2 Å². The maximum atomic E-state index is 11.0. The van der Waals surface area contributed by atoms with Crippen LogP contribution in [0.2, 0.25) is 0 Å². The summed E-state index contributed by atoms with van der Waals surface area (Å²) in [5.41, 5.74) is 0. The van der Waals surface area contributed by atoms with Gasteiger partial charge in [0.15, 0.2) is 0 Å². The first kappa shape index (κ1) is 12.5. The van der Waals surface area contributed by atoms with E-state index >= 15 is 0 Å². The molecule has 0 spiro atoms. The molecule has 0 amide bonds. The first-order chi connectivity index (χ1) is 7.22. The molecule has 1 saturated heterocycles. The highest BCUT2D eigenvalue weighted by atomic mass is 16.5. The van der Waals surface area contributed by atoms with Gasteiger partial charge in [0.25, 0.3) is 0 Å². The van der Waals surface area contributed by atoms with Crippen LogP contribution in [0.3, 0.4) is 0 Å². The summed E-state index contributed by atoms with van der Waals surface area (Å²) in [6, 6.07) is 0. The lowest BCUT2D eigenvalue weighted by atomic mass is 10.1. The lowest BCUT2D eigenvalue weighted by Crippen LogP contribution is -2.27. The van der Waals surface area contributed by atoms with Gasteiger partial charge in [-0.2, -0.15) is 0 Å². The predicted octanol–water partition coefficient (Wildman–Crippen LogP) is 0.481. The fourth-order valence-corrected chi connectivity index (χ4v) is 1.97. The summed E-state index contributed by atoms with van der Waals surface area (Å²) in [7, 11) is 2.16. The molecule has 0 aromatic carbocycles. The van der Waals surface area contributed by atoms with Crippen LogP contribution in [0.1, 0.15) is 19.8 Å². The Morgan fingerprint density at radius 3 is 3.00 bits per heavy atom. The number of carbonyl (C=O) groups excluding carboxylic acids is 1. The zero-order chi connectivity index (χ0) is 11.1. The third-order valence-corrected chi connectivity index (χ3v) is 2.79. The van der Waals surface area contributed by atoms with Gasteiger partial charge >= 0.3 is 5.97 Å². The van der Waals surface area contributed by atoms with Crippen molar-refractivity contribution >= 4 is 5.97 Å². The summed E-state index contributed by atoms with van der Waals surface area (Å²) in [4.78, 5) is 13.4. The van der Waals surface area contributed by atoms with Crippen LogP contribution >= 0.6 is 0 Å². The number of esters is 1. The molecule has 0 saturated carbocycles. The zero-order valence-electron chi connectivity index (χ0n) is 9.79. The van der Waals surface area contributed by atoms with E-state index in [-0.39, 0.29) is 5.97 Å². The standard InChI is InChI=1S/C11H22N2O2/c1-3-15-11(14)8-12-6-4-10-5-7-13(2)9-10/h10,12H,3-9H2,1-2H3. The fraction of sp³-hybridized carbons (Fsp3) is 0.909. The first-order valence-electron chi connectivity index (χ1n) is 5.77. The van der Waals surface area contributed by atoms with Gasteiger partial charge in [0.05, 0.1) is 13.2 Å². The molecule has 1 aliphatic rings. The molecule has 4 heteroatoms. The highest BCUT2D eigenvalue weighted by Crippen LogP contribution is 2.16. The number of hydrogen-bond acceptors (Lipinski definition) is 4. The Hall–Kier alpha value is -0.610. The van der Waals surface area contributed by atoms with Gasteiger partial charge in [-0.1, -0.05) is 0 Å². The van der Waals surface area contributed by atoms with E-state index in [4.69, 9.17) is 4.74 Å². The minimum Gasteiger partial charge on any atom is -0.465 e. The number of carbonyl (C=O) groups is 1. The van der Waals surface area contributed by atoms with Gasteiger partial charge in [0, 0.05) is 6.54 Å². The van der Waals surface area contributed by atoms with Gasteiger partial charge in [-0.05, 0) is 45.8 Å². The molecule has 1 rings (SSSR count). The Balaban J connectivity index is 1.95. The molecule has 0 bridgehead atoms. The molecule has 0 aromatic rings. The minimum atomic E-state index is -0.152. The van der Waals surface area contributed by atoms with E-state index in [1.54, 1.807) is 0 Å². The van der Waals surface area contributed by atoms with E-state index in [2.05, 4.69) is 17.3 Å². The van der Waals surface area contributed by atoms with Gasteiger partial charge in [-0.3, -0.25) is 4.79 Å². The average Bonchev–Trinajstić information content (AvgIpc) is 2.60. The summed E-state index contributed by atoms with van der Waals surface area (Å²) < 4.78 is 4.82. The molecule has 1 fully saturated rings. The highest BCUT2D eigenvalue weighted by molar-refractivity contribution is 5.71. The van der Waals surface area contributed by atoms with Crippen LogP contribution in [-0.2, 0) is 9.53 Å². The van der Waals surface area contributed by atoms with Crippen molar-refractivity contribution in [2.45, 2.75) is 19.8 Å². The van der Waals surface area contributed by atoms with E-state index in [1.807, 2.05) is 6.92 Å². The lowest BCUT2D eigenvalue weighted by Gasteiger charge is -2.10. The molecule has 0 radical (unpaired) electrons. The van der Waals surface area contributed by atoms with E-state index in [0.717, 1.165) is 18.9 Å². The molecule has 1 unspecified atom stereocenters. The third kappa shape index (κ3) is 5.14. The average molecular weight is 214 g/mol. The Labute approximate surface area is 92.0 Å². The van der Waals surface area contributed by atoms with Crippen molar-refractivity contribution in [1.82, 2.24) is 10.2 Å². The maximum Gasteiger partial charge on any atom is 0.319 e. The van der Waals surface area contributed by atoms with Crippen LogP contribution < -0.4 is 5.32 Å². The first-order valence-corrected chi connectivity index (χ1v) is 5.77. The van der Waals surface area contributed by atoms with Gasteiger partial charge < -0.3 is 15.0 Å². The zero-order valence-corrected chi connectivity index (χ0v) is 9.79. The second kappa shape index (κ2) is 6.80. The van der Waals surface area contributed by atoms with Crippen molar-refractivity contribution in [3.8, 4) is 0 Å². The minimum absolute atomic E-state index is 0.152. The smallest absolute Gasteiger partial charge is 0.319 e. The maximum absolute atomic E-state index is 11.0. The molecule has 1 N–H and O–H groups in total. The summed E-state index contributed by atoms with van der Waals surface area (Å²) >= 11 is 0. The van der Waals surface area contributed by atoms with Gasteiger partial charge in [0.2, 0.25) is 0 Å². The molecule has 1 atom stereocenters. The van der Waals surface area contributed by atoms with Gasteiger partial charge in [-0.25, -0.2) is 0 Å².